The van der Waals surface area contributed by atoms with Gasteiger partial charge < -0.3 is 5.32 Å². The van der Waals surface area contributed by atoms with E-state index < -0.39 is 0 Å². The van der Waals surface area contributed by atoms with Crippen LogP contribution in [-0.2, 0) is 5.54 Å². The summed E-state index contributed by atoms with van der Waals surface area (Å²) in [6.45, 7) is 4.13. The molecule has 0 radical (unpaired) electrons. The maximum absolute atomic E-state index is 5.94. The van der Waals surface area contributed by atoms with E-state index in [-0.39, 0.29) is 5.54 Å². The fourth-order valence-electron chi connectivity index (χ4n) is 0.987. The molecule has 1 aromatic rings. The van der Waals surface area contributed by atoms with Crippen LogP contribution in [-0.4, -0.2) is 12.0 Å². The lowest BCUT2D eigenvalue weighted by Gasteiger charge is -2.24. The minimum atomic E-state index is -0.120. The molecule has 0 bridgehead atoms. The molecule has 0 amide bonds. The normalized spacial score (nSPS) is 11.7. The van der Waals surface area contributed by atoms with Gasteiger partial charge >= 0.3 is 0 Å². The number of halogens is 1. The zero-order valence-corrected chi connectivity index (χ0v) is 8.31. The Morgan fingerprint density at radius 1 is 1.50 bits per heavy atom. The van der Waals surface area contributed by atoms with Crippen molar-refractivity contribution in [3.8, 4) is 0 Å². The Morgan fingerprint density at radius 2 is 2.17 bits per heavy atom. The highest BCUT2D eigenvalue weighted by molar-refractivity contribution is 6.30. The van der Waals surface area contributed by atoms with Crippen LogP contribution in [0.25, 0.3) is 0 Å². The van der Waals surface area contributed by atoms with Crippen LogP contribution in [0.2, 0.25) is 5.15 Å². The molecule has 2 nitrogen and oxygen atoms in total. The van der Waals surface area contributed by atoms with E-state index in [0.717, 1.165) is 5.56 Å². The Hall–Kier alpha value is -0.600. The SMILES string of the molecule is CNC(C)(C)c1cccnc1Cl. The second-order valence-electron chi connectivity index (χ2n) is 3.22. The van der Waals surface area contributed by atoms with Gasteiger partial charge in [-0.05, 0) is 27.0 Å². The predicted octanol–water partition coefficient (Wildman–Crippen LogP) is 2.19. The molecule has 1 aromatic heterocycles. The molecule has 66 valence electrons. The minimum absolute atomic E-state index is 0.120. The zero-order valence-electron chi connectivity index (χ0n) is 7.56. The van der Waals surface area contributed by atoms with Crippen molar-refractivity contribution >= 4 is 11.6 Å². The van der Waals surface area contributed by atoms with E-state index in [0.29, 0.717) is 5.15 Å². The van der Waals surface area contributed by atoms with Crippen molar-refractivity contribution in [2.75, 3.05) is 7.05 Å². The summed E-state index contributed by atoms with van der Waals surface area (Å²) in [5.41, 5.74) is 0.903. The molecule has 1 N–H and O–H groups in total. The molecule has 1 rings (SSSR count). The molecule has 0 aliphatic rings. The lowest BCUT2D eigenvalue weighted by molar-refractivity contribution is 0.443. The molecule has 0 aliphatic carbocycles. The first-order valence-electron chi connectivity index (χ1n) is 3.88. The Morgan fingerprint density at radius 3 is 2.67 bits per heavy atom. The molecule has 0 saturated carbocycles. The van der Waals surface area contributed by atoms with Crippen LogP contribution in [0, 0.1) is 0 Å². The van der Waals surface area contributed by atoms with Gasteiger partial charge in [-0.25, -0.2) is 4.98 Å². The van der Waals surface area contributed by atoms with Crippen LogP contribution in [0.3, 0.4) is 0 Å². The van der Waals surface area contributed by atoms with E-state index in [9.17, 15) is 0 Å². The first-order chi connectivity index (χ1) is 5.58. The van der Waals surface area contributed by atoms with Crippen molar-refractivity contribution in [1.82, 2.24) is 10.3 Å². The lowest BCUT2D eigenvalue weighted by Crippen LogP contribution is -2.33. The second-order valence-corrected chi connectivity index (χ2v) is 3.57. The number of hydrogen-bond acceptors (Lipinski definition) is 2. The molecule has 0 fully saturated rings. The van der Waals surface area contributed by atoms with Gasteiger partial charge in [0.15, 0.2) is 0 Å². The van der Waals surface area contributed by atoms with Crippen LogP contribution in [0.4, 0.5) is 0 Å². The smallest absolute Gasteiger partial charge is 0.134 e. The fourth-order valence-corrected chi connectivity index (χ4v) is 1.34. The third-order valence-electron chi connectivity index (χ3n) is 2.06. The van der Waals surface area contributed by atoms with E-state index in [4.69, 9.17) is 11.6 Å². The van der Waals surface area contributed by atoms with E-state index in [1.807, 2.05) is 19.2 Å². The van der Waals surface area contributed by atoms with Gasteiger partial charge in [0.2, 0.25) is 0 Å². The topological polar surface area (TPSA) is 24.9 Å². The van der Waals surface area contributed by atoms with Gasteiger partial charge in [0.05, 0.1) is 0 Å². The fraction of sp³-hybridized carbons (Fsp3) is 0.444. The number of rotatable bonds is 2. The van der Waals surface area contributed by atoms with Gasteiger partial charge in [-0.1, -0.05) is 17.7 Å². The molecule has 0 saturated heterocycles. The van der Waals surface area contributed by atoms with E-state index in [1.54, 1.807) is 6.20 Å². The third kappa shape index (κ3) is 1.76. The van der Waals surface area contributed by atoms with Gasteiger partial charge in [0.25, 0.3) is 0 Å². The number of nitrogens with one attached hydrogen (secondary N) is 1. The van der Waals surface area contributed by atoms with Gasteiger partial charge in [-0.2, -0.15) is 0 Å². The summed E-state index contributed by atoms with van der Waals surface area (Å²) in [6, 6.07) is 3.87. The summed E-state index contributed by atoms with van der Waals surface area (Å²) in [5.74, 6) is 0. The first kappa shape index (κ1) is 9.49. The number of nitrogens with zero attached hydrogens (tertiary/aromatic N) is 1. The summed E-state index contributed by atoms with van der Waals surface area (Å²) in [6.07, 6.45) is 1.69. The third-order valence-corrected chi connectivity index (χ3v) is 2.36. The average molecular weight is 185 g/mol. The van der Waals surface area contributed by atoms with Crippen LogP contribution < -0.4 is 5.32 Å². The number of hydrogen-bond donors (Lipinski definition) is 1. The summed E-state index contributed by atoms with van der Waals surface area (Å²) in [4.78, 5) is 4.02. The van der Waals surface area contributed by atoms with Crippen molar-refractivity contribution in [3.05, 3.63) is 29.0 Å². The number of aromatic nitrogens is 1. The van der Waals surface area contributed by atoms with Gasteiger partial charge in [0, 0.05) is 17.3 Å². The Bertz CT molecular complexity index is 271. The maximum Gasteiger partial charge on any atom is 0.134 e. The van der Waals surface area contributed by atoms with E-state index >= 15 is 0 Å². The largest absolute Gasteiger partial charge is 0.311 e. The van der Waals surface area contributed by atoms with Crippen molar-refractivity contribution in [3.63, 3.8) is 0 Å². The Labute approximate surface area is 78.0 Å². The Kier molecular flexibility index (Phi) is 2.70. The summed E-state index contributed by atoms with van der Waals surface area (Å²) >= 11 is 5.94. The predicted molar refractivity (Wildman–Crippen MR) is 51.3 cm³/mol. The summed E-state index contributed by atoms with van der Waals surface area (Å²) < 4.78 is 0. The average Bonchev–Trinajstić information content (AvgIpc) is 2.05. The van der Waals surface area contributed by atoms with E-state index in [2.05, 4.69) is 24.1 Å². The summed E-state index contributed by atoms with van der Waals surface area (Å²) in [7, 11) is 1.91. The van der Waals surface area contributed by atoms with Crippen molar-refractivity contribution in [1.29, 1.82) is 0 Å². The van der Waals surface area contributed by atoms with Gasteiger partial charge in [-0.3, -0.25) is 0 Å². The monoisotopic (exact) mass is 184 g/mol. The molecule has 0 aliphatic heterocycles. The molecular formula is C9H13ClN2. The van der Waals surface area contributed by atoms with Crippen LogP contribution in [0.5, 0.6) is 0 Å². The van der Waals surface area contributed by atoms with Crippen molar-refractivity contribution in [2.45, 2.75) is 19.4 Å². The molecule has 12 heavy (non-hydrogen) atoms. The highest BCUT2D eigenvalue weighted by Gasteiger charge is 2.20. The molecule has 1 heterocycles. The second kappa shape index (κ2) is 3.42. The first-order valence-corrected chi connectivity index (χ1v) is 4.25. The number of pyridine rings is 1. The Balaban J connectivity index is 3.10. The molecule has 0 atom stereocenters. The molecule has 0 spiro atoms. The molecule has 0 aromatic carbocycles. The zero-order chi connectivity index (χ0) is 9.19. The summed E-state index contributed by atoms with van der Waals surface area (Å²) in [5, 5.41) is 3.74. The van der Waals surface area contributed by atoms with E-state index in [1.165, 1.54) is 0 Å². The molecule has 3 heteroatoms. The van der Waals surface area contributed by atoms with Crippen LogP contribution in [0.1, 0.15) is 19.4 Å². The highest BCUT2D eigenvalue weighted by Crippen LogP contribution is 2.24. The van der Waals surface area contributed by atoms with Crippen molar-refractivity contribution in [2.24, 2.45) is 0 Å². The standard InChI is InChI=1S/C9H13ClN2/c1-9(2,11-3)7-5-4-6-12-8(7)10/h4-6,11H,1-3H3. The van der Waals surface area contributed by atoms with Gasteiger partial charge in [-0.15, -0.1) is 0 Å². The van der Waals surface area contributed by atoms with Crippen LogP contribution >= 0.6 is 11.6 Å². The molecular weight excluding hydrogens is 172 g/mol. The van der Waals surface area contributed by atoms with Gasteiger partial charge in [0.1, 0.15) is 5.15 Å². The minimum Gasteiger partial charge on any atom is -0.311 e. The molecule has 0 unspecified atom stereocenters. The highest BCUT2D eigenvalue weighted by atomic mass is 35.5. The van der Waals surface area contributed by atoms with Crippen molar-refractivity contribution < 1.29 is 0 Å². The maximum atomic E-state index is 5.94. The quantitative estimate of drug-likeness (QED) is 0.713. The van der Waals surface area contributed by atoms with Crippen LogP contribution in [0.15, 0.2) is 18.3 Å². The lowest BCUT2D eigenvalue weighted by atomic mass is 9.96.